The molecule has 0 saturated carbocycles. The first kappa shape index (κ1) is 25.6. The third-order valence-corrected chi connectivity index (χ3v) is 3.83. The van der Waals surface area contributed by atoms with Crippen molar-refractivity contribution in [2.75, 3.05) is 0 Å². The molecule has 0 spiro atoms. The average Bonchev–Trinajstić information content (AvgIpc) is 2.66. The van der Waals surface area contributed by atoms with Crippen molar-refractivity contribution in [1.29, 1.82) is 0 Å². The lowest BCUT2D eigenvalue weighted by Crippen LogP contribution is -2.47. The minimum atomic E-state index is -5.08. The fraction of sp³-hybridized carbons (Fsp3) is 0.286. The summed E-state index contributed by atoms with van der Waals surface area (Å²) < 4.78 is 44.8. The van der Waals surface area contributed by atoms with Gasteiger partial charge in [0.1, 0.15) is 11.5 Å². The predicted octanol–water partition coefficient (Wildman–Crippen LogP) is 3.14. The van der Waals surface area contributed by atoms with Crippen LogP contribution in [0.5, 0.6) is 0 Å². The van der Waals surface area contributed by atoms with Gasteiger partial charge in [-0.25, -0.2) is 14.2 Å². The Morgan fingerprint density at radius 2 is 1.74 bits per heavy atom. The van der Waals surface area contributed by atoms with Gasteiger partial charge < -0.3 is 15.5 Å². The molecule has 6 nitrogen and oxygen atoms in total. The maximum Gasteiger partial charge on any atom is 0.490 e. The molecule has 1 atom stereocenters. The molecule has 1 aromatic heterocycles. The second-order valence-electron chi connectivity index (χ2n) is 6.84. The Hall–Kier alpha value is -3.45. The largest absolute Gasteiger partial charge is 0.490 e. The fourth-order valence-electron chi connectivity index (χ4n) is 1.76. The molecule has 2 rings (SSSR count). The van der Waals surface area contributed by atoms with Crippen LogP contribution < -0.4 is 5.32 Å². The number of carboxylic acids is 1. The number of benzene rings is 1. The minimum Gasteiger partial charge on any atom is -0.475 e. The molecule has 10 heteroatoms. The lowest BCUT2D eigenvalue weighted by atomic mass is 10.0. The molecule has 0 bridgehead atoms. The van der Waals surface area contributed by atoms with Crippen LogP contribution in [0.1, 0.15) is 42.4 Å². The second-order valence-corrected chi connectivity index (χ2v) is 6.84. The molecular formula is C21H20F4N2O4. The molecular weight excluding hydrogens is 420 g/mol. The van der Waals surface area contributed by atoms with Gasteiger partial charge in [-0.2, -0.15) is 13.2 Å². The number of carboxylic acid groups (broad SMARTS) is 1. The Balaban J connectivity index is 0.000000592. The van der Waals surface area contributed by atoms with Gasteiger partial charge in [-0.15, -0.1) is 0 Å². The SMILES string of the molecule is C[C@@H](NC(=O)c1ccc(C#Cc2cccc(F)c2)nc1)C(C)(C)O.O=C(O)C(F)(F)F. The third-order valence-electron chi connectivity index (χ3n) is 3.83. The van der Waals surface area contributed by atoms with E-state index in [9.17, 15) is 27.5 Å². The summed E-state index contributed by atoms with van der Waals surface area (Å²) in [6.07, 6.45) is -3.66. The zero-order valence-electron chi connectivity index (χ0n) is 16.8. The van der Waals surface area contributed by atoms with E-state index in [2.05, 4.69) is 22.1 Å². The number of carbonyl (C=O) groups excluding carboxylic acids is 1. The van der Waals surface area contributed by atoms with Crippen molar-refractivity contribution in [3.8, 4) is 11.8 Å². The fourth-order valence-corrected chi connectivity index (χ4v) is 1.76. The van der Waals surface area contributed by atoms with Crippen molar-refractivity contribution in [3.05, 3.63) is 65.2 Å². The summed E-state index contributed by atoms with van der Waals surface area (Å²) >= 11 is 0. The highest BCUT2D eigenvalue weighted by Gasteiger charge is 2.38. The molecule has 1 amide bonds. The maximum absolute atomic E-state index is 13.1. The van der Waals surface area contributed by atoms with Crippen molar-refractivity contribution in [3.63, 3.8) is 0 Å². The summed E-state index contributed by atoms with van der Waals surface area (Å²) in [5, 5.41) is 19.7. The van der Waals surface area contributed by atoms with Crippen molar-refractivity contribution in [2.24, 2.45) is 0 Å². The molecule has 3 N–H and O–H groups in total. The first-order valence-corrected chi connectivity index (χ1v) is 8.77. The minimum absolute atomic E-state index is 0.318. The Kier molecular flexibility index (Phi) is 8.70. The van der Waals surface area contributed by atoms with Gasteiger partial charge in [0.05, 0.1) is 17.2 Å². The standard InChI is InChI=1S/C19H19FN2O2.C2HF3O2/c1-13(19(2,3)24)22-18(23)15-8-10-17(21-12-15)9-7-14-5-4-6-16(20)11-14;3-2(4,5)1(6)7/h4-6,8,10-13,24H,1-3H3,(H,22,23);(H,6,7)/t13-;/m1./s1. The van der Waals surface area contributed by atoms with Crippen LogP contribution in [-0.4, -0.2) is 44.9 Å². The van der Waals surface area contributed by atoms with E-state index in [0.29, 0.717) is 16.8 Å². The molecule has 1 heterocycles. The quantitative estimate of drug-likeness (QED) is 0.503. The van der Waals surface area contributed by atoms with E-state index >= 15 is 0 Å². The number of aromatic nitrogens is 1. The van der Waals surface area contributed by atoms with Crippen molar-refractivity contribution in [1.82, 2.24) is 10.3 Å². The highest BCUT2D eigenvalue weighted by atomic mass is 19.4. The van der Waals surface area contributed by atoms with Gasteiger partial charge in [0, 0.05) is 11.8 Å². The third kappa shape index (κ3) is 9.27. The number of nitrogens with zero attached hydrogens (tertiary/aromatic N) is 1. The normalized spacial score (nSPS) is 11.9. The highest BCUT2D eigenvalue weighted by molar-refractivity contribution is 5.94. The van der Waals surface area contributed by atoms with Crippen molar-refractivity contribution >= 4 is 11.9 Å². The van der Waals surface area contributed by atoms with Gasteiger partial charge in [-0.1, -0.05) is 12.0 Å². The van der Waals surface area contributed by atoms with Crippen LogP contribution in [0.3, 0.4) is 0 Å². The van der Waals surface area contributed by atoms with Crippen LogP contribution in [0.4, 0.5) is 17.6 Å². The van der Waals surface area contributed by atoms with Crippen LogP contribution >= 0.6 is 0 Å². The van der Waals surface area contributed by atoms with E-state index in [1.807, 2.05) is 0 Å². The lowest BCUT2D eigenvalue weighted by Gasteiger charge is -2.26. The number of halogens is 4. The number of aliphatic carboxylic acids is 1. The van der Waals surface area contributed by atoms with Gasteiger partial charge in [0.15, 0.2) is 0 Å². The monoisotopic (exact) mass is 440 g/mol. The molecule has 31 heavy (non-hydrogen) atoms. The predicted molar refractivity (Wildman–Crippen MR) is 104 cm³/mol. The molecule has 0 unspecified atom stereocenters. The van der Waals surface area contributed by atoms with E-state index in [1.165, 1.54) is 18.3 Å². The van der Waals surface area contributed by atoms with Crippen LogP contribution in [0.25, 0.3) is 0 Å². The number of carbonyl (C=O) groups is 2. The van der Waals surface area contributed by atoms with E-state index in [4.69, 9.17) is 9.90 Å². The summed E-state index contributed by atoms with van der Waals surface area (Å²) in [4.78, 5) is 25.1. The van der Waals surface area contributed by atoms with E-state index in [0.717, 1.165) is 0 Å². The van der Waals surface area contributed by atoms with Gasteiger partial charge in [0.25, 0.3) is 5.91 Å². The lowest BCUT2D eigenvalue weighted by molar-refractivity contribution is -0.192. The molecule has 166 valence electrons. The Morgan fingerprint density at radius 1 is 1.13 bits per heavy atom. The first-order chi connectivity index (χ1) is 14.2. The smallest absolute Gasteiger partial charge is 0.475 e. The van der Waals surface area contributed by atoms with E-state index < -0.39 is 23.8 Å². The molecule has 0 saturated heterocycles. The number of rotatable bonds is 3. The topological polar surface area (TPSA) is 99.5 Å². The Bertz CT molecular complexity index is 972. The highest BCUT2D eigenvalue weighted by Crippen LogP contribution is 2.13. The number of hydrogen-bond donors (Lipinski definition) is 3. The van der Waals surface area contributed by atoms with Crippen LogP contribution in [0.2, 0.25) is 0 Å². The van der Waals surface area contributed by atoms with Crippen molar-refractivity contribution in [2.45, 2.75) is 38.6 Å². The Labute approximate surface area is 175 Å². The summed E-state index contributed by atoms with van der Waals surface area (Å²) in [5.41, 5.74) is 0.394. The molecule has 0 aliphatic carbocycles. The van der Waals surface area contributed by atoms with E-state index in [-0.39, 0.29) is 11.7 Å². The molecule has 1 aromatic carbocycles. The zero-order chi connectivity index (χ0) is 23.8. The van der Waals surface area contributed by atoms with Gasteiger partial charge >= 0.3 is 12.1 Å². The van der Waals surface area contributed by atoms with Crippen LogP contribution in [0.15, 0.2) is 42.6 Å². The number of alkyl halides is 3. The number of nitrogens with one attached hydrogen (secondary N) is 1. The van der Waals surface area contributed by atoms with Gasteiger partial charge in [0.2, 0.25) is 0 Å². The summed E-state index contributed by atoms with van der Waals surface area (Å²) in [7, 11) is 0. The molecule has 2 aromatic rings. The molecule has 0 aliphatic heterocycles. The van der Waals surface area contributed by atoms with Crippen LogP contribution in [-0.2, 0) is 4.79 Å². The summed E-state index contributed by atoms with van der Waals surface area (Å²) in [6, 6.07) is 8.81. The average molecular weight is 440 g/mol. The number of aliphatic hydroxyl groups is 1. The van der Waals surface area contributed by atoms with Gasteiger partial charge in [-0.05, 0) is 57.0 Å². The maximum atomic E-state index is 13.1. The number of hydrogen-bond acceptors (Lipinski definition) is 4. The van der Waals surface area contributed by atoms with Crippen LogP contribution in [0, 0.1) is 17.7 Å². The number of pyridine rings is 1. The Morgan fingerprint density at radius 3 is 2.19 bits per heavy atom. The summed E-state index contributed by atoms with van der Waals surface area (Å²) in [5.74, 6) is 2.22. The van der Waals surface area contributed by atoms with E-state index in [1.54, 1.807) is 45.0 Å². The molecule has 0 fully saturated rings. The second kappa shape index (κ2) is 10.5. The zero-order valence-corrected chi connectivity index (χ0v) is 16.8. The summed E-state index contributed by atoms with van der Waals surface area (Å²) in [6.45, 7) is 4.98. The first-order valence-electron chi connectivity index (χ1n) is 8.77. The van der Waals surface area contributed by atoms with Gasteiger partial charge in [-0.3, -0.25) is 4.79 Å². The molecule has 0 radical (unpaired) electrons. The van der Waals surface area contributed by atoms with Crippen molar-refractivity contribution < 1.29 is 37.4 Å². The molecule has 0 aliphatic rings. The number of amides is 1.